The predicted octanol–water partition coefficient (Wildman–Crippen LogP) is 5.23. The van der Waals surface area contributed by atoms with E-state index in [1.54, 1.807) is 24.3 Å². The molecule has 2 bridgehead atoms. The Labute approximate surface area is 331 Å². The Kier molecular flexibility index (Phi) is 9.84. The Bertz CT molecular complexity index is 2070. The molecule has 3 atom stereocenters. The fourth-order valence-corrected chi connectivity index (χ4v) is 10.1. The number of piperazine rings is 1. The summed E-state index contributed by atoms with van der Waals surface area (Å²) in [6.45, 7) is 6.93. The number of rotatable bonds is 8. The number of ether oxygens (including phenoxy) is 1. The number of imide groups is 2. The number of hydrogen-bond acceptors (Lipinski definition) is 10. The van der Waals surface area contributed by atoms with E-state index in [2.05, 4.69) is 55.3 Å². The molecule has 9 rings (SSSR count). The third kappa shape index (κ3) is 6.96. The molecule has 6 heterocycles. The van der Waals surface area contributed by atoms with Crippen molar-refractivity contribution in [3.63, 3.8) is 0 Å². The van der Waals surface area contributed by atoms with Gasteiger partial charge in [-0.25, -0.2) is 0 Å². The van der Waals surface area contributed by atoms with Crippen molar-refractivity contribution in [1.29, 1.82) is 5.26 Å². The predicted molar refractivity (Wildman–Crippen MR) is 212 cm³/mol. The maximum atomic E-state index is 13.3. The van der Waals surface area contributed by atoms with E-state index in [1.165, 1.54) is 24.2 Å². The summed E-state index contributed by atoms with van der Waals surface area (Å²) in [5.74, 6) is -0.575. The molecular weight excluding hydrogens is 730 g/mol. The minimum absolute atomic E-state index is 0.105. The molecular formula is C43H46ClN7O5. The van der Waals surface area contributed by atoms with Gasteiger partial charge in [-0.05, 0) is 92.6 Å². The van der Waals surface area contributed by atoms with Gasteiger partial charge in [0.1, 0.15) is 24.0 Å². The van der Waals surface area contributed by atoms with Crippen molar-refractivity contribution in [2.45, 2.75) is 75.6 Å². The zero-order valence-corrected chi connectivity index (χ0v) is 32.1. The molecule has 0 spiro atoms. The number of amides is 4. The zero-order valence-electron chi connectivity index (χ0n) is 31.4. The first-order valence-corrected chi connectivity index (χ1v) is 20.4. The lowest BCUT2D eigenvalue weighted by Crippen LogP contribution is -2.54. The lowest BCUT2D eigenvalue weighted by atomic mass is 9.95. The number of anilines is 3. The fraction of sp³-hybridized carbons (Fsp3) is 0.465. The monoisotopic (exact) mass is 775 g/mol. The number of carbonyl (C=O) groups excluding carboxylic acids is 4. The van der Waals surface area contributed by atoms with Crippen LogP contribution in [-0.2, 0) is 9.59 Å². The highest BCUT2D eigenvalue weighted by molar-refractivity contribution is 6.31. The average Bonchev–Trinajstić information content (AvgIpc) is 3.62. The molecule has 13 heteroatoms. The summed E-state index contributed by atoms with van der Waals surface area (Å²) in [6.07, 6.45) is 6.80. The van der Waals surface area contributed by atoms with Gasteiger partial charge >= 0.3 is 0 Å². The molecule has 3 aromatic carbocycles. The van der Waals surface area contributed by atoms with Crippen LogP contribution >= 0.6 is 11.6 Å². The van der Waals surface area contributed by atoms with Crippen molar-refractivity contribution < 1.29 is 23.9 Å². The van der Waals surface area contributed by atoms with Gasteiger partial charge in [-0.1, -0.05) is 11.6 Å². The molecule has 290 valence electrons. The van der Waals surface area contributed by atoms with E-state index in [-0.39, 0.29) is 24.9 Å². The highest BCUT2D eigenvalue weighted by atomic mass is 35.5. The molecule has 0 radical (unpaired) electrons. The van der Waals surface area contributed by atoms with E-state index in [0.717, 1.165) is 87.8 Å². The largest absolute Gasteiger partial charge is 0.490 e. The number of piperidine rings is 3. The second-order valence-electron chi connectivity index (χ2n) is 16.2. The lowest BCUT2D eigenvalue weighted by molar-refractivity contribution is -0.136. The van der Waals surface area contributed by atoms with Crippen molar-refractivity contribution in [1.82, 2.24) is 15.1 Å². The van der Waals surface area contributed by atoms with Crippen LogP contribution in [0.15, 0.2) is 60.7 Å². The van der Waals surface area contributed by atoms with E-state index >= 15 is 0 Å². The van der Waals surface area contributed by atoms with Crippen LogP contribution in [-0.4, -0.2) is 103 Å². The molecule has 3 aromatic rings. The van der Waals surface area contributed by atoms with E-state index < -0.39 is 23.8 Å². The van der Waals surface area contributed by atoms with Gasteiger partial charge in [-0.3, -0.25) is 34.3 Å². The van der Waals surface area contributed by atoms with Crippen molar-refractivity contribution >= 4 is 52.3 Å². The Morgan fingerprint density at radius 1 is 0.732 bits per heavy atom. The standard InChI is InChI=1S/C43H46ClN7O5/c44-38-24-34(9-1-28(38)25-45)56-35-21-32-6-7-33(22-35)50(32)30-4-2-29(3-5-30)49-19-17-47(18-20-49)26-27-13-15-48(16-14-27)31-8-10-36-37(23-31)43(55)51(42(36)54)39-11-12-40(52)46-41(39)53/h1-5,8-10,23-24,27,32-33,35,39H,6-7,11-22,26H2,(H,46,52,53). The third-order valence-electron chi connectivity index (χ3n) is 12.9. The smallest absolute Gasteiger partial charge is 0.262 e. The van der Waals surface area contributed by atoms with Gasteiger partial charge in [-0.15, -0.1) is 0 Å². The minimum atomic E-state index is -0.957. The fourth-order valence-electron chi connectivity index (χ4n) is 9.92. The van der Waals surface area contributed by atoms with Crippen molar-refractivity contribution in [3.05, 3.63) is 82.4 Å². The number of carbonyl (C=O) groups is 4. The second-order valence-corrected chi connectivity index (χ2v) is 16.6. The molecule has 1 N–H and O–H groups in total. The third-order valence-corrected chi connectivity index (χ3v) is 13.2. The van der Waals surface area contributed by atoms with Gasteiger partial charge in [0.05, 0.1) is 21.7 Å². The number of benzene rings is 3. The van der Waals surface area contributed by atoms with Gasteiger partial charge < -0.3 is 19.4 Å². The Balaban J connectivity index is 0.734. The van der Waals surface area contributed by atoms with E-state index in [1.807, 2.05) is 12.1 Å². The van der Waals surface area contributed by atoms with Crippen LogP contribution in [0.1, 0.15) is 77.6 Å². The number of fused-ring (bicyclic) bond motifs is 3. The van der Waals surface area contributed by atoms with Gasteiger partial charge in [-0.2, -0.15) is 5.26 Å². The van der Waals surface area contributed by atoms with Gasteiger partial charge in [0.25, 0.3) is 11.8 Å². The SMILES string of the molecule is N#Cc1ccc(OC2CC3CCC(C2)N3c2ccc(N3CCN(CC4CCN(c5ccc6c(c5)C(=O)N(C5CCC(=O)NC5=O)C6=O)CC4)CC3)cc2)cc1Cl. The van der Waals surface area contributed by atoms with E-state index in [0.29, 0.717) is 39.7 Å². The van der Waals surface area contributed by atoms with Crippen LogP contribution < -0.4 is 24.8 Å². The average molecular weight is 776 g/mol. The first-order valence-electron chi connectivity index (χ1n) is 20.0. The summed E-state index contributed by atoms with van der Waals surface area (Å²) in [6, 6.07) is 22.0. The molecule has 0 aromatic heterocycles. The van der Waals surface area contributed by atoms with Crippen LogP contribution in [0.3, 0.4) is 0 Å². The number of nitrogens with one attached hydrogen (secondary N) is 1. The maximum Gasteiger partial charge on any atom is 0.262 e. The highest BCUT2D eigenvalue weighted by Crippen LogP contribution is 2.41. The normalized spacial score (nSPS) is 25.7. The molecule has 0 saturated carbocycles. The lowest BCUT2D eigenvalue weighted by Gasteiger charge is -2.41. The van der Waals surface area contributed by atoms with Gasteiger partial charge in [0.2, 0.25) is 11.8 Å². The number of hydrogen-bond donors (Lipinski definition) is 1. The van der Waals surface area contributed by atoms with Crippen LogP contribution in [0.5, 0.6) is 5.75 Å². The molecule has 56 heavy (non-hydrogen) atoms. The van der Waals surface area contributed by atoms with Crippen molar-refractivity contribution in [3.8, 4) is 11.8 Å². The summed E-state index contributed by atoms with van der Waals surface area (Å²) < 4.78 is 6.35. The minimum Gasteiger partial charge on any atom is -0.490 e. The van der Waals surface area contributed by atoms with Gasteiger partial charge in [0, 0.05) is 100 Å². The number of nitriles is 1. The highest BCUT2D eigenvalue weighted by Gasteiger charge is 2.45. The molecule has 6 aliphatic rings. The first kappa shape index (κ1) is 36.5. The topological polar surface area (TPSA) is 130 Å². The Morgan fingerprint density at radius 3 is 2.07 bits per heavy atom. The van der Waals surface area contributed by atoms with E-state index in [9.17, 15) is 24.4 Å². The number of halogens is 1. The number of nitrogens with zero attached hydrogens (tertiary/aromatic N) is 6. The van der Waals surface area contributed by atoms with Gasteiger partial charge in [0.15, 0.2) is 0 Å². The summed E-state index contributed by atoms with van der Waals surface area (Å²) in [5, 5.41) is 11.9. The molecule has 4 amide bonds. The summed E-state index contributed by atoms with van der Waals surface area (Å²) in [5.41, 5.74) is 4.60. The van der Waals surface area contributed by atoms with Crippen LogP contribution in [0, 0.1) is 17.2 Å². The van der Waals surface area contributed by atoms with Crippen molar-refractivity contribution in [2.75, 3.05) is 60.5 Å². The Morgan fingerprint density at radius 2 is 1.39 bits per heavy atom. The van der Waals surface area contributed by atoms with Crippen LogP contribution in [0.4, 0.5) is 17.1 Å². The van der Waals surface area contributed by atoms with Crippen LogP contribution in [0.2, 0.25) is 5.02 Å². The molecule has 0 aliphatic carbocycles. The molecule has 3 unspecified atom stereocenters. The quantitative estimate of drug-likeness (QED) is 0.304. The summed E-state index contributed by atoms with van der Waals surface area (Å²) in [7, 11) is 0. The first-order chi connectivity index (χ1) is 27.2. The maximum absolute atomic E-state index is 13.3. The summed E-state index contributed by atoms with van der Waals surface area (Å²) >= 11 is 6.25. The molecule has 6 aliphatic heterocycles. The van der Waals surface area contributed by atoms with E-state index in [4.69, 9.17) is 16.3 Å². The molecule has 5 fully saturated rings. The second kappa shape index (κ2) is 15.1. The molecule has 12 nitrogen and oxygen atoms in total. The van der Waals surface area contributed by atoms with Crippen LogP contribution in [0.25, 0.3) is 0 Å². The molecule has 5 saturated heterocycles. The van der Waals surface area contributed by atoms with Crippen molar-refractivity contribution in [2.24, 2.45) is 5.92 Å². The summed E-state index contributed by atoms with van der Waals surface area (Å²) in [4.78, 5) is 61.6. The zero-order chi connectivity index (χ0) is 38.5. The Hall–Kier alpha value is -5.12.